The molecule has 6 aliphatic rings. The van der Waals surface area contributed by atoms with Crippen LogP contribution >= 0.6 is 0 Å². The van der Waals surface area contributed by atoms with Crippen molar-refractivity contribution < 1.29 is 19.4 Å². The quantitative estimate of drug-likeness (QED) is 0.185. The maximum atomic E-state index is 13.0. The zero-order valence-corrected chi connectivity index (χ0v) is 30.6. The first-order valence-electron chi connectivity index (χ1n) is 19.5. The summed E-state index contributed by atoms with van der Waals surface area (Å²) in [7, 11) is 0. The van der Waals surface area contributed by atoms with Gasteiger partial charge in [-0.25, -0.2) is 0 Å². The fourth-order valence-electron chi connectivity index (χ4n) is 13.6. The van der Waals surface area contributed by atoms with Crippen LogP contribution in [-0.2, 0) is 14.3 Å². The maximum Gasteiger partial charge on any atom is 0.309 e. The highest BCUT2D eigenvalue weighted by Crippen LogP contribution is 2.76. The molecule has 5 saturated carbocycles. The lowest BCUT2D eigenvalue weighted by atomic mass is 9.32. The van der Waals surface area contributed by atoms with Crippen LogP contribution < -0.4 is 5.32 Å². The topological polar surface area (TPSA) is 78.9 Å². The molecule has 46 heavy (non-hydrogen) atoms. The van der Waals surface area contributed by atoms with E-state index in [9.17, 15) is 14.7 Å². The normalized spacial score (nSPS) is 43.7. The van der Waals surface area contributed by atoms with Crippen molar-refractivity contribution in [3.05, 3.63) is 0 Å². The predicted octanol–water partition coefficient (Wildman–Crippen LogP) is 8.33. The van der Waals surface area contributed by atoms with E-state index in [0.29, 0.717) is 28.1 Å². The molecule has 0 bridgehead atoms. The van der Waals surface area contributed by atoms with Crippen LogP contribution in [0.3, 0.4) is 0 Å². The van der Waals surface area contributed by atoms with Crippen molar-refractivity contribution in [2.75, 3.05) is 32.7 Å². The number of carbonyl (C=O) groups is 2. The molecule has 0 amide bonds. The van der Waals surface area contributed by atoms with Gasteiger partial charge in [0, 0.05) is 12.0 Å². The lowest BCUT2D eigenvalue weighted by molar-refractivity contribution is -0.248. The Morgan fingerprint density at radius 1 is 0.826 bits per heavy atom. The second kappa shape index (κ2) is 12.3. The van der Waals surface area contributed by atoms with Gasteiger partial charge in [0.2, 0.25) is 0 Å². The van der Waals surface area contributed by atoms with Crippen LogP contribution in [0.4, 0.5) is 0 Å². The summed E-state index contributed by atoms with van der Waals surface area (Å²) >= 11 is 0. The van der Waals surface area contributed by atoms with Crippen molar-refractivity contribution in [2.45, 2.75) is 151 Å². The number of hydrogen-bond acceptors (Lipinski definition) is 5. The van der Waals surface area contributed by atoms with Crippen molar-refractivity contribution in [3.8, 4) is 0 Å². The van der Waals surface area contributed by atoms with Gasteiger partial charge in [0.25, 0.3) is 0 Å². The highest BCUT2D eigenvalue weighted by molar-refractivity contribution is 5.81. The number of nitrogens with one attached hydrogen (secondary N) is 1. The molecule has 6 rings (SSSR count). The van der Waals surface area contributed by atoms with E-state index in [2.05, 4.69) is 44.8 Å². The minimum absolute atomic E-state index is 0.0753. The summed E-state index contributed by atoms with van der Waals surface area (Å²) in [6.07, 6.45) is 18.2. The standard InChI is InChI=1S/C40H68N2O4/c1-35(2,34(44)45)26-33(43)46-32-16-18-37(5)30(36(32,3)4)15-19-39(7)31(37)14-13-28-29-12-10-17-40(29,21-20-38(28,39)6)27-41-22-11-25-42-23-8-9-24-42/h28-32,41H,8-27H2,1-7H3,(H,44,45)/t28-,29-,30?,31?,32+,37+,38-,39-,40-/m1/s1. The Bertz CT molecular complexity index is 1150. The Balaban J connectivity index is 1.13. The molecular weight excluding hydrogens is 572 g/mol. The Labute approximate surface area is 280 Å². The van der Waals surface area contributed by atoms with Gasteiger partial charge in [-0.05, 0) is 169 Å². The number of carboxylic acids is 1. The molecule has 2 N–H and O–H groups in total. The van der Waals surface area contributed by atoms with Crippen molar-refractivity contribution in [1.82, 2.24) is 10.2 Å². The molecule has 1 saturated heterocycles. The molecule has 1 aliphatic heterocycles. The smallest absolute Gasteiger partial charge is 0.309 e. The molecule has 6 nitrogen and oxygen atoms in total. The summed E-state index contributed by atoms with van der Waals surface area (Å²) in [5.41, 5.74) is 0.280. The van der Waals surface area contributed by atoms with Gasteiger partial charge in [-0.1, -0.05) is 41.0 Å². The van der Waals surface area contributed by atoms with Crippen LogP contribution in [0.25, 0.3) is 0 Å². The summed E-state index contributed by atoms with van der Waals surface area (Å²) in [6.45, 7) is 22.3. The monoisotopic (exact) mass is 641 g/mol. The van der Waals surface area contributed by atoms with Crippen molar-refractivity contribution in [3.63, 3.8) is 0 Å². The molecule has 1 heterocycles. The van der Waals surface area contributed by atoms with E-state index in [-0.39, 0.29) is 29.3 Å². The predicted molar refractivity (Wildman–Crippen MR) is 184 cm³/mol. The van der Waals surface area contributed by atoms with Crippen LogP contribution in [0.2, 0.25) is 0 Å². The van der Waals surface area contributed by atoms with Gasteiger partial charge in [-0.15, -0.1) is 0 Å². The average molecular weight is 641 g/mol. The highest BCUT2D eigenvalue weighted by atomic mass is 16.5. The van der Waals surface area contributed by atoms with Crippen molar-refractivity contribution in [1.29, 1.82) is 0 Å². The number of rotatable bonds is 10. The second-order valence-electron chi connectivity index (χ2n) is 19.3. The second-order valence-corrected chi connectivity index (χ2v) is 19.3. The number of carbonyl (C=O) groups excluding carboxylic acids is 1. The number of fused-ring (bicyclic) bond motifs is 7. The molecule has 6 heteroatoms. The number of likely N-dealkylation sites (tertiary alicyclic amines) is 1. The van der Waals surface area contributed by atoms with Gasteiger partial charge < -0.3 is 20.1 Å². The Morgan fingerprint density at radius 2 is 1.57 bits per heavy atom. The number of nitrogens with zero attached hydrogens (tertiary/aromatic N) is 1. The zero-order chi connectivity index (χ0) is 33.2. The molecule has 0 aromatic rings. The van der Waals surface area contributed by atoms with E-state index in [1.165, 1.54) is 110 Å². The van der Waals surface area contributed by atoms with E-state index in [1.807, 2.05) is 0 Å². The first-order chi connectivity index (χ1) is 21.6. The third-order valence-electron chi connectivity index (χ3n) is 16.4. The maximum absolute atomic E-state index is 13.0. The van der Waals surface area contributed by atoms with Gasteiger partial charge in [-0.3, -0.25) is 9.59 Å². The van der Waals surface area contributed by atoms with Crippen LogP contribution in [0.5, 0.6) is 0 Å². The van der Waals surface area contributed by atoms with Crippen LogP contribution in [0.1, 0.15) is 145 Å². The van der Waals surface area contributed by atoms with Gasteiger partial charge in [0.15, 0.2) is 0 Å². The molecule has 5 aliphatic carbocycles. The van der Waals surface area contributed by atoms with E-state index in [1.54, 1.807) is 13.8 Å². The third-order valence-corrected chi connectivity index (χ3v) is 16.4. The van der Waals surface area contributed by atoms with Gasteiger partial charge in [-0.2, -0.15) is 0 Å². The Hall–Kier alpha value is -1.14. The molecule has 9 atom stereocenters. The van der Waals surface area contributed by atoms with Crippen molar-refractivity contribution >= 4 is 11.9 Å². The fourth-order valence-corrected chi connectivity index (χ4v) is 13.6. The molecule has 6 fully saturated rings. The van der Waals surface area contributed by atoms with E-state index < -0.39 is 11.4 Å². The first kappa shape index (κ1) is 34.7. The summed E-state index contributed by atoms with van der Waals surface area (Å²) in [6, 6.07) is 0. The minimum Gasteiger partial charge on any atom is -0.481 e. The van der Waals surface area contributed by atoms with Crippen LogP contribution in [0.15, 0.2) is 0 Å². The minimum atomic E-state index is -1.11. The Morgan fingerprint density at radius 3 is 2.28 bits per heavy atom. The molecule has 262 valence electrons. The Kier molecular flexibility index (Phi) is 9.30. The first-order valence-corrected chi connectivity index (χ1v) is 19.5. The summed E-state index contributed by atoms with van der Waals surface area (Å²) in [4.78, 5) is 27.3. The largest absolute Gasteiger partial charge is 0.481 e. The van der Waals surface area contributed by atoms with Gasteiger partial charge in [0.1, 0.15) is 6.10 Å². The average Bonchev–Trinajstić information content (AvgIpc) is 3.65. The molecular formula is C40H68N2O4. The molecule has 0 radical (unpaired) electrons. The molecule has 0 aromatic heterocycles. The molecule has 0 spiro atoms. The van der Waals surface area contributed by atoms with E-state index >= 15 is 0 Å². The number of aliphatic carboxylic acids is 1. The number of ether oxygens (including phenoxy) is 1. The SMILES string of the molecule is CC(C)(CC(=O)O[C@H]1CC[C@@]2(C)C(CC[C@]3(C)C2CC[C@@H]2[C@H]4CCC[C@]4(CNCCCN4CCCC4)CC[C@]23C)C1(C)C)C(=O)O. The summed E-state index contributed by atoms with van der Waals surface area (Å²) in [5.74, 6) is 1.64. The fraction of sp³-hybridized carbons (Fsp3) is 0.950. The van der Waals surface area contributed by atoms with Crippen molar-refractivity contribution in [2.24, 2.45) is 56.2 Å². The lowest BCUT2D eigenvalue weighted by Gasteiger charge is -2.72. The van der Waals surface area contributed by atoms with Crippen LogP contribution in [-0.4, -0.2) is 60.8 Å². The molecule has 2 unspecified atom stereocenters. The highest BCUT2D eigenvalue weighted by Gasteiger charge is 2.70. The number of carboxylic acid groups (broad SMARTS) is 1. The van der Waals surface area contributed by atoms with Gasteiger partial charge >= 0.3 is 11.9 Å². The number of esters is 1. The van der Waals surface area contributed by atoms with E-state index in [0.717, 1.165) is 24.7 Å². The lowest BCUT2D eigenvalue weighted by Crippen LogP contribution is -2.66. The van der Waals surface area contributed by atoms with Gasteiger partial charge in [0.05, 0.1) is 11.8 Å². The van der Waals surface area contributed by atoms with E-state index in [4.69, 9.17) is 4.74 Å². The molecule has 0 aromatic carbocycles. The van der Waals surface area contributed by atoms with Crippen LogP contribution in [0, 0.1) is 56.2 Å². The summed E-state index contributed by atoms with van der Waals surface area (Å²) < 4.78 is 6.17. The number of hydrogen-bond donors (Lipinski definition) is 2. The summed E-state index contributed by atoms with van der Waals surface area (Å²) in [5, 5.41) is 13.6. The third kappa shape index (κ3) is 5.59. The zero-order valence-electron chi connectivity index (χ0n) is 30.6.